The second-order valence-corrected chi connectivity index (χ2v) is 8.14. The first-order chi connectivity index (χ1) is 11.5. The minimum atomic E-state index is -0.970. The number of benzene rings is 2. The molecule has 0 heterocycles. The maximum absolute atomic E-state index is 12.6. The van der Waals surface area contributed by atoms with Gasteiger partial charge >= 0.3 is 0 Å². The Balaban J connectivity index is 2.09. The maximum atomic E-state index is 12.6. The molecule has 0 saturated carbocycles. The van der Waals surface area contributed by atoms with E-state index in [4.69, 9.17) is 4.74 Å². The zero-order chi connectivity index (χ0) is 18.8. The van der Waals surface area contributed by atoms with Crippen LogP contribution in [0.15, 0.2) is 42.5 Å². The van der Waals surface area contributed by atoms with Crippen LogP contribution < -0.4 is 10.1 Å². The summed E-state index contributed by atoms with van der Waals surface area (Å²) < 4.78 is 5.95. The van der Waals surface area contributed by atoms with Gasteiger partial charge in [0.2, 0.25) is 0 Å². The second kappa shape index (κ2) is 6.91. The van der Waals surface area contributed by atoms with E-state index in [1.165, 1.54) is 11.1 Å². The van der Waals surface area contributed by atoms with Gasteiger partial charge in [-0.2, -0.15) is 0 Å². The average Bonchev–Trinajstić information content (AvgIpc) is 2.50. The van der Waals surface area contributed by atoms with E-state index in [0.717, 1.165) is 11.3 Å². The summed E-state index contributed by atoms with van der Waals surface area (Å²) in [6, 6.07) is 13.8. The molecule has 0 spiro atoms. The van der Waals surface area contributed by atoms with E-state index < -0.39 is 5.60 Å². The molecule has 0 aliphatic rings. The Kier molecular flexibility index (Phi) is 5.26. The molecule has 25 heavy (non-hydrogen) atoms. The third-order valence-corrected chi connectivity index (χ3v) is 4.40. The van der Waals surface area contributed by atoms with Crippen LogP contribution in [0.4, 0.5) is 5.69 Å². The summed E-state index contributed by atoms with van der Waals surface area (Å²) in [4.78, 5) is 12.6. The third kappa shape index (κ3) is 4.85. The molecule has 3 heteroatoms. The molecule has 2 aromatic carbocycles. The lowest BCUT2D eigenvalue weighted by molar-refractivity contribution is -0.128. The molecule has 0 fully saturated rings. The Morgan fingerprint density at radius 1 is 0.880 bits per heavy atom. The van der Waals surface area contributed by atoms with Crippen LogP contribution in [-0.2, 0) is 10.2 Å². The summed E-state index contributed by atoms with van der Waals surface area (Å²) in [5.41, 5.74) is 3.49. The number of hydrogen-bond acceptors (Lipinski definition) is 2. The molecule has 0 aliphatic heterocycles. The Bertz CT molecular complexity index is 753. The van der Waals surface area contributed by atoms with Gasteiger partial charge in [0.1, 0.15) is 5.75 Å². The van der Waals surface area contributed by atoms with E-state index >= 15 is 0 Å². The normalized spacial score (nSPS) is 12.0. The largest absolute Gasteiger partial charge is 0.478 e. The van der Waals surface area contributed by atoms with Crippen LogP contribution in [0, 0.1) is 13.8 Å². The van der Waals surface area contributed by atoms with E-state index in [1.807, 2.05) is 49.4 Å². The molecule has 2 aromatic rings. The predicted octanol–water partition coefficient (Wildman–Crippen LogP) is 5.40. The van der Waals surface area contributed by atoms with Crippen LogP contribution in [-0.4, -0.2) is 11.5 Å². The van der Waals surface area contributed by atoms with Crippen molar-refractivity contribution in [3.63, 3.8) is 0 Å². The molecule has 1 amide bonds. The monoisotopic (exact) mass is 339 g/mol. The molecule has 0 unspecified atom stereocenters. The Morgan fingerprint density at radius 2 is 1.48 bits per heavy atom. The molecule has 0 atom stereocenters. The number of amides is 1. The molecule has 1 N–H and O–H groups in total. The number of carbonyl (C=O) groups excluding carboxylic acids is 1. The standard InChI is InChI=1S/C22H29NO2/c1-15-8-11-18(14-16(15)2)23-20(24)22(6,7)25-19-12-9-17(10-13-19)21(3,4)5/h8-14H,1-7H3,(H,23,24). The first-order valence-electron chi connectivity index (χ1n) is 8.67. The lowest BCUT2D eigenvalue weighted by atomic mass is 9.87. The van der Waals surface area contributed by atoms with Crippen LogP contribution in [0.3, 0.4) is 0 Å². The van der Waals surface area contributed by atoms with Crippen molar-refractivity contribution >= 4 is 11.6 Å². The van der Waals surface area contributed by atoms with E-state index in [0.29, 0.717) is 5.75 Å². The van der Waals surface area contributed by atoms with Crippen molar-refractivity contribution in [2.75, 3.05) is 5.32 Å². The Morgan fingerprint density at radius 3 is 2.00 bits per heavy atom. The van der Waals surface area contributed by atoms with Gasteiger partial charge in [0.15, 0.2) is 5.60 Å². The number of anilines is 1. The molecule has 0 bridgehead atoms. The van der Waals surface area contributed by atoms with E-state index in [-0.39, 0.29) is 11.3 Å². The summed E-state index contributed by atoms with van der Waals surface area (Å²) in [5.74, 6) is 0.517. The number of aryl methyl sites for hydroxylation is 2. The quantitative estimate of drug-likeness (QED) is 0.810. The summed E-state index contributed by atoms with van der Waals surface area (Å²) >= 11 is 0. The van der Waals surface area contributed by atoms with Crippen molar-refractivity contribution in [2.24, 2.45) is 0 Å². The second-order valence-electron chi connectivity index (χ2n) is 8.14. The fourth-order valence-corrected chi connectivity index (χ4v) is 2.46. The number of ether oxygens (including phenoxy) is 1. The average molecular weight is 339 g/mol. The highest BCUT2D eigenvalue weighted by atomic mass is 16.5. The fraction of sp³-hybridized carbons (Fsp3) is 0.409. The highest BCUT2D eigenvalue weighted by molar-refractivity contribution is 5.97. The smallest absolute Gasteiger partial charge is 0.267 e. The van der Waals surface area contributed by atoms with Crippen LogP contribution in [0.2, 0.25) is 0 Å². The molecular weight excluding hydrogens is 310 g/mol. The minimum absolute atomic E-state index is 0.0920. The number of carbonyl (C=O) groups is 1. The molecule has 0 radical (unpaired) electrons. The van der Waals surface area contributed by atoms with Gasteiger partial charge in [0, 0.05) is 5.69 Å². The van der Waals surface area contributed by atoms with E-state index in [2.05, 4.69) is 33.0 Å². The van der Waals surface area contributed by atoms with Gasteiger partial charge in [-0.3, -0.25) is 4.79 Å². The van der Waals surface area contributed by atoms with Gasteiger partial charge in [-0.15, -0.1) is 0 Å². The topological polar surface area (TPSA) is 38.3 Å². The van der Waals surface area contributed by atoms with Crippen LogP contribution in [0.1, 0.15) is 51.3 Å². The third-order valence-electron chi connectivity index (χ3n) is 4.40. The van der Waals surface area contributed by atoms with Gasteiger partial charge in [-0.05, 0) is 74.1 Å². The predicted molar refractivity (Wildman–Crippen MR) is 104 cm³/mol. The van der Waals surface area contributed by atoms with Crippen molar-refractivity contribution in [3.05, 3.63) is 59.2 Å². The summed E-state index contributed by atoms with van der Waals surface area (Å²) in [6.45, 7) is 14.2. The molecule has 0 aliphatic carbocycles. The van der Waals surface area contributed by atoms with E-state index in [9.17, 15) is 4.79 Å². The number of hydrogen-bond donors (Lipinski definition) is 1. The zero-order valence-corrected chi connectivity index (χ0v) is 16.4. The Hall–Kier alpha value is -2.29. The lowest BCUT2D eigenvalue weighted by Gasteiger charge is -2.26. The molecule has 0 saturated heterocycles. The molecule has 2 rings (SSSR count). The van der Waals surface area contributed by atoms with Crippen molar-refractivity contribution in [1.82, 2.24) is 0 Å². The van der Waals surface area contributed by atoms with Crippen LogP contribution in [0.5, 0.6) is 5.75 Å². The van der Waals surface area contributed by atoms with Gasteiger partial charge in [0.25, 0.3) is 5.91 Å². The van der Waals surface area contributed by atoms with Gasteiger partial charge in [-0.25, -0.2) is 0 Å². The van der Waals surface area contributed by atoms with Crippen molar-refractivity contribution < 1.29 is 9.53 Å². The minimum Gasteiger partial charge on any atom is -0.478 e. The Labute approximate surface area is 151 Å². The highest BCUT2D eigenvalue weighted by Crippen LogP contribution is 2.26. The lowest BCUT2D eigenvalue weighted by Crippen LogP contribution is -2.42. The fourth-order valence-electron chi connectivity index (χ4n) is 2.46. The van der Waals surface area contributed by atoms with Crippen molar-refractivity contribution in [1.29, 1.82) is 0 Å². The summed E-state index contributed by atoms with van der Waals surface area (Å²) in [7, 11) is 0. The first kappa shape index (κ1) is 19.0. The summed E-state index contributed by atoms with van der Waals surface area (Å²) in [6.07, 6.45) is 0. The highest BCUT2D eigenvalue weighted by Gasteiger charge is 2.30. The van der Waals surface area contributed by atoms with Crippen molar-refractivity contribution in [3.8, 4) is 5.75 Å². The summed E-state index contributed by atoms with van der Waals surface area (Å²) in [5, 5.41) is 2.94. The molecule has 0 aromatic heterocycles. The van der Waals surface area contributed by atoms with Crippen LogP contribution in [0.25, 0.3) is 0 Å². The number of rotatable bonds is 4. The first-order valence-corrected chi connectivity index (χ1v) is 8.67. The van der Waals surface area contributed by atoms with E-state index in [1.54, 1.807) is 13.8 Å². The SMILES string of the molecule is Cc1ccc(NC(=O)C(C)(C)Oc2ccc(C(C)(C)C)cc2)cc1C. The molecule has 3 nitrogen and oxygen atoms in total. The van der Waals surface area contributed by atoms with Gasteiger partial charge in [-0.1, -0.05) is 39.0 Å². The van der Waals surface area contributed by atoms with Crippen LogP contribution >= 0.6 is 0 Å². The molecule has 134 valence electrons. The number of nitrogens with one attached hydrogen (secondary N) is 1. The maximum Gasteiger partial charge on any atom is 0.267 e. The van der Waals surface area contributed by atoms with Crippen molar-refractivity contribution in [2.45, 2.75) is 59.5 Å². The van der Waals surface area contributed by atoms with Gasteiger partial charge < -0.3 is 10.1 Å². The zero-order valence-electron chi connectivity index (χ0n) is 16.4. The molecular formula is C22H29NO2. The van der Waals surface area contributed by atoms with Gasteiger partial charge in [0.05, 0.1) is 0 Å².